The summed E-state index contributed by atoms with van der Waals surface area (Å²) in [6.07, 6.45) is 0. The fourth-order valence-corrected chi connectivity index (χ4v) is 6.59. The number of para-hydroxylation sites is 5. The third-order valence-electron chi connectivity index (χ3n) is 8.82. The molecule has 0 aliphatic heterocycles. The number of benzene rings is 7. The van der Waals surface area contributed by atoms with Gasteiger partial charge in [0.1, 0.15) is 11.2 Å². The molecule has 0 spiro atoms. The summed E-state index contributed by atoms with van der Waals surface area (Å²) in [4.78, 5) is 10.1. The molecular weight excluding hydrogens is 611 g/mol. The van der Waals surface area contributed by atoms with Crippen molar-refractivity contribution in [3.8, 4) is 50.7 Å². The maximum atomic E-state index is 9.52. The molecule has 0 N–H and O–H groups in total. The Balaban J connectivity index is 1.40. The normalized spacial score (nSPS) is 15.0. The Hall–Kier alpha value is -6.78. The Bertz CT molecular complexity index is 3540. The predicted molar refractivity (Wildman–Crippen MR) is 205 cm³/mol. The van der Waals surface area contributed by atoms with Crippen LogP contribution in [0.2, 0.25) is 0 Å². The van der Waals surface area contributed by atoms with Gasteiger partial charge in [-0.1, -0.05) is 127 Å². The SMILES string of the molecule is [2H]c1c([2H])c([2H])c(-n2c3c([2H])c([2H])c([2H])c([2H])c3c3c([2H])c([2H])c([2H])c(-c4nc(-c5cccc(-c6ccccc6)c5)cc(-c5cccc6c5oc5ccccc56)n4)c32)c([2H])c1[2H]. The molecule has 4 nitrogen and oxygen atoms in total. The number of hydrogen-bond donors (Lipinski definition) is 0. The lowest BCUT2D eigenvalue weighted by Crippen LogP contribution is -1.99. The molecule has 4 heteroatoms. The van der Waals surface area contributed by atoms with Crippen molar-refractivity contribution in [1.82, 2.24) is 14.5 Å². The average Bonchev–Trinajstić information content (AvgIpc) is 3.85. The van der Waals surface area contributed by atoms with Crippen molar-refractivity contribution < 1.29 is 20.9 Å². The Morgan fingerprint density at radius 3 is 2.14 bits per heavy atom. The predicted octanol–water partition coefficient (Wildman–Crippen LogP) is 12.1. The highest BCUT2D eigenvalue weighted by Gasteiger charge is 2.21. The van der Waals surface area contributed by atoms with Gasteiger partial charge in [-0.15, -0.1) is 0 Å². The summed E-state index contributed by atoms with van der Waals surface area (Å²) in [6, 6.07) is 24.5. The molecule has 7 aromatic carbocycles. The zero-order chi connectivity index (χ0) is 43.5. The first-order valence-corrected chi connectivity index (χ1v) is 15.9. The fraction of sp³-hybridized carbons (Fsp3) is 0. The Morgan fingerprint density at radius 1 is 0.500 bits per heavy atom. The summed E-state index contributed by atoms with van der Waals surface area (Å²) in [5, 5.41) is 1.23. The van der Waals surface area contributed by atoms with Crippen LogP contribution in [-0.2, 0) is 0 Å². The first-order valence-electron chi connectivity index (χ1n) is 21.9. The summed E-state index contributed by atoms with van der Waals surface area (Å²) in [6.45, 7) is 0. The van der Waals surface area contributed by atoms with Crippen molar-refractivity contribution in [2.24, 2.45) is 0 Å². The molecule has 0 saturated heterocycles. The average molecular weight is 652 g/mol. The molecule has 0 atom stereocenters. The number of hydrogen-bond acceptors (Lipinski definition) is 3. The van der Waals surface area contributed by atoms with E-state index in [1.807, 2.05) is 97.1 Å². The molecule has 0 amide bonds. The number of rotatable bonds is 5. The highest BCUT2D eigenvalue weighted by Crippen LogP contribution is 2.40. The molecule has 0 radical (unpaired) electrons. The van der Waals surface area contributed by atoms with Crippen molar-refractivity contribution in [3.05, 3.63) is 176 Å². The summed E-state index contributed by atoms with van der Waals surface area (Å²) in [5.41, 5.74) is 3.66. The second kappa shape index (κ2) is 11.4. The third-order valence-corrected chi connectivity index (χ3v) is 8.82. The van der Waals surface area contributed by atoms with E-state index in [-0.39, 0.29) is 33.2 Å². The number of fused-ring (bicyclic) bond motifs is 6. The highest BCUT2D eigenvalue weighted by molar-refractivity contribution is 6.14. The number of nitrogens with zero attached hydrogens (tertiary/aromatic N) is 3. The second-order valence-corrected chi connectivity index (χ2v) is 11.7. The quantitative estimate of drug-likeness (QED) is 0.186. The van der Waals surface area contributed by atoms with E-state index in [0.29, 0.717) is 33.7 Å². The van der Waals surface area contributed by atoms with Gasteiger partial charge in [0.15, 0.2) is 5.82 Å². The molecule has 3 heterocycles. The molecule has 0 fully saturated rings. The van der Waals surface area contributed by atoms with Gasteiger partial charge in [-0.3, -0.25) is 0 Å². The van der Waals surface area contributed by atoms with Gasteiger partial charge in [0.05, 0.1) is 38.9 Å². The van der Waals surface area contributed by atoms with Crippen molar-refractivity contribution in [2.45, 2.75) is 0 Å². The monoisotopic (exact) mass is 651 g/mol. The van der Waals surface area contributed by atoms with Gasteiger partial charge >= 0.3 is 0 Å². The molecule has 0 saturated carbocycles. The first kappa shape index (κ1) is 18.7. The van der Waals surface area contributed by atoms with Gasteiger partial charge in [0.2, 0.25) is 0 Å². The van der Waals surface area contributed by atoms with Gasteiger partial charge in [-0.05, 0) is 59.6 Å². The van der Waals surface area contributed by atoms with Gasteiger partial charge in [0, 0.05) is 43.9 Å². The molecule has 0 aliphatic rings. The highest BCUT2D eigenvalue weighted by atomic mass is 16.3. The molecule has 0 bridgehead atoms. The van der Waals surface area contributed by atoms with Gasteiger partial charge in [0.25, 0.3) is 0 Å². The van der Waals surface area contributed by atoms with Crippen LogP contribution in [0.15, 0.2) is 180 Å². The van der Waals surface area contributed by atoms with E-state index < -0.39 is 78.2 Å². The van der Waals surface area contributed by atoms with Crippen molar-refractivity contribution in [1.29, 1.82) is 0 Å². The van der Waals surface area contributed by atoms with Crippen LogP contribution in [0.25, 0.3) is 94.5 Å². The van der Waals surface area contributed by atoms with Crippen LogP contribution >= 0.6 is 0 Å². The van der Waals surface area contributed by atoms with Crippen molar-refractivity contribution >= 4 is 43.7 Å². The van der Waals surface area contributed by atoms with E-state index >= 15 is 0 Å². The van der Waals surface area contributed by atoms with Crippen LogP contribution in [0.5, 0.6) is 0 Å². The van der Waals surface area contributed by atoms with E-state index in [9.17, 15) is 2.74 Å². The molecule has 10 aromatic rings. The largest absolute Gasteiger partial charge is 0.455 e. The van der Waals surface area contributed by atoms with Crippen LogP contribution < -0.4 is 0 Å². The molecule has 50 heavy (non-hydrogen) atoms. The van der Waals surface area contributed by atoms with E-state index in [0.717, 1.165) is 26.5 Å². The summed E-state index contributed by atoms with van der Waals surface area (Å²) < 4.78 is 115. The zero-order valence-electron chi connectivity index (χ0n) is 38.1. The Morgan fingerprint density at radius 2 is 1.22 bits per heavy atom. The lowest BCUT2D eigenvalue weighted by atomic mass is 10.00. The summed E-state index contributed by atoms with van der Waals surface area (Å²) in [7, 11) is 0. The number of furan rings is 1. The minimum absolute atomic E-state index is 0.161. The first-order chi connectivity index (χ1) is 29.8. The fourth-order valence-electron chi connectivity index (χ4n) is 6.59. The van der Waals surface area contributed by atoms with Gasteiger partial charge in [-0.2, -0.15) is 0 Å². The molecular formula is C46H29N3O. The van der Waals surface area contributed by atoms with Crippen LogP contribution in [0.4, 0.5) is 0 Å². The molecule has 3 aromatic heterocycles. The molecule has 0 unspecified atom stereocenters. The number of aromatic nitrogens is 3. The Kier molecular flexibility index (Phi) is 4.27. The maximum absolute atomic E-state index is 9.52. The van der Waals surface area contributed by atoms with Crippen molar-refractivity contribution in [2.75, 3.05) is 0 Å². The standard InChI is InChI=1S/C46H29N3O/c1-3-14-30(15-4-1)31-16-11-17-32(28-31)40-29-41(38-24-13-23-37-35-21-8-10-27-43(35)50-45(37)38)48-46(47-40)39-25-12-22-36-34-20-7-9-26-42(34)49(44(36)39)33-18-5-2-6-19-33/h1-29H/i2D,5D,6D,7D,9D,12D,18D,19D,20D,22D,25D,26D. The minimum atomic E-state index is -0.717. The maximum Gasteiger partial charge on any atom is 0.162 e. The van der Waals surface area contributed by atoms with E-state index in [1.54, 1.807) is 6.07 Å². The summed E-state index contributed by atoms with van der Waals surface area (Å²) >= 11 is 0. The lowest BCUT2D eigenvalue weighted by molar-refractivity contribution is 0.670. The lowest BCUT2D eigenvalue weighted by Gasteiger charge is -2.13. The molecule has 234 valence electrons. The van der Waals surface area contributed by atoms with Crippen molar-refractivity contribution in [3.63, 3.8) is 0 Å². The van der Waals surface area contributed by atoms with E-state index in [1.165, 1.54) is 0 Å². The van der Waals surface area contributed by atoms with Gasteiger partial charge in [-0.25, -0.2) is 9.97 Å². The molecule has 10 rings (SSSR count). The molecule has 0 aliphatic carbocycles. The zero-order valence-corrected chi connectivity index (χ0v) is 26.1. The summed E-state index contributed by atoms with van der Waals surface area (Å²) in [5.74, 6) is -0.161. The van der Waals surface area contributed by atoms with E-state index in [4.69, 9.17) is 28.1 Å². The van der Waals surface area contributed by atoms with E-state index in [2.05, 4.69) is 0 Å². The smallest absolute Gasteiger partial charge is 0.162 e. The van der Waals surface area contributed by atoms with Crippen LogP contribution in [0.3, 0.4) is 0 Å². The van der Waals surface area contributed by atoms with Crippen LogP contribution in [-0.4, -0.2) is 14.5 Å². The second-order valence-electron chi connectivity index (χ2n) is 11.7. The van der Waals surface area contributed by atoms with Gasteiger partial charge < -0.3 is 8.98 Å². The third kappa shape index (κ3) is 4.54. The Labute approximate surface area is 305 Å². The van der Waals surface area contributed by atoms with Crippen LogP contribution in [0.1, 0.15) is 16.4 Å². The minimum Gasteiger partial charge on any atom is -0.455 e. The topological polar surface area (TPSA) is 43.9 Å². The van der Waals surface area contributed by atoms with Crippen LogP contribution in [0, 0.1) is 0 Å².